The molecule has 3 nitrogen and oxygen atoms in total. The molecule has 2 aliphatic rings. The van der Waals surface area contributed by atoms with Crippen LogP contribution in [-0.2, 0) is 17.8 Å². The Morgan fingerprint density at radius 2 is 2.24 bits per heavy atom. The molecule has 1 aromatic rings. The van der Waals surface area contributed by atoms with Gasteiger partial charge in [-0.15, -0.1) is 11.3 Å². The topological polar surface area (TPSA) is 32.3 Å². The fourth-order valence-corrected chi connectivity index (χ4v) is 4.48. The van der Waals surface area contributed by atoms with Gasteiger partial charge in [0.15, 0.2) is 0 Å². The van der Waals surface area contributed by atoms with Crippen molar-refractivity contribution in [3.05, 3.63) is 21.9 Å². The van der Waals surface area contributed by atoms with Crippen molar-refractivity contribution >= 4 is 17.2 Å². The van der Waals surface area contributed by atoms with Gasteiger partial charge in [0.25, 0.3) is 0 Å². The van der Waals surface area contributed by atoms with Crippen LogP contribution in [0.25, 0.3) is 0 Å². The van der Waals surface area contributed by atoms with E-state index in [1.165, 1.54) is 42.5 Å². The van der Waals surface area contributed by atoms with Crippen LogP contribution in [0.1, 0.15) is 49.5 Å². The van der Waals surface area contributed by atoms with Crippen LogP contribution in [0, 0.1) is 5.92 Å². The van der Waals surface area contributed by atoms with Crippen LogP contribution in [0.2, 0.25) is 0 Å². The lowest BCUT2D eigenvalue weighted by Crippen LogP contribution is -2.44. The molecule has 0 saturated heterocycles. The Bertz CT molecular complexity index is 485. The molecule has 1 amide bonds. The zero-order chi connectivity index (χ0) is 14.7. The van der Waals surface area contributed by atoms with Crippen LogP contribution in [0.15, 0.2) is 11.4 Å². The second kappa shape index (κ2) is 6.93. The second-order valence-electron chi connectivity index (χ2n) is 6.54. The van der Waals surface area contributed by atoms with Gasteiger partial charge < -0.3 is 10.2 Å². The number of thiophene rings is 1. The summed E-state index contributed by atoms with van der Waals surface area (Å²) >= 11 is 1.82. The van der Waals surface area contributed by atoms with E-state index in [0.717, 1.165) is 19.5 Å². The largest absolute Gasteiger partial charge is 0.337 e. The summed E-state index contributed by atoms with van der Waals surface area (Å²) in [5.74, 6) is 0.966. The summed E-state index contributed by atoms with van der Waals surface area (Å²) in [4.78, 5) is 15.9. The highest BCUT2D eigenvalue weighted by Gasteiger charge is 2.24. The molecular weight excluding hydrogens is 280 g/mol. The normalized spacial score (nSPS) is 26.2. The number of hydrogen-bond donors (Lipinski definition) is 1. The van der Waals surface area contributed by atoms with Crippen LogP contribution in [-0.4, -0.2) is 29.9 Å². The third-order valence-corrected chi connectivity index (χ3v) is 6.06. The zero-order valence-corrected chi connectivity index (χ0v) is 13.8. The minimum atomic E-state index is 0.267. The van der Waals surface area contributed by atoms with Gasteiger partial charge in [0, 0.05) is 24.0 Å². The van der Waals surface area contributed by atoms with E-state index in [9.17, 15) is 4.79 Å². The Kier molecular flexibility index (Phi) is 4.96. The van der Waals surface area contributed by atoms with E-state index in [0.29, 0.717) is 18.5 Å². The van der Waals surface area contributed by atoms with E-state index in [4.69, 9.17) is 0 Å². The number of hydrogen-bond acceptors (Lipinski definition) is 3. The number of amides is 1. The number of carbonyl (C=O) groups excluding carboxylic acids is 1. The maximum Gasteiger partial charge on any atom is 0.236 e. The molecule has 1 fully saturated rings. The molecule has 1 N–H and O–H groups in total. The minimum absolute atomic E-state index is 0.267. The average Bonchev–Trinajstić information content (AvgIpc) is 2.87. The van der Waals surface area contributed by atoms with Crippen molar-refractivity contribution in [3.8, 4) is 0 Å². The van der Waals surface area contributed by atoms with Crippen molar-refractivity contribution in [1.29, 1.82) is 0 Å². The number of nitrogens with one attached hydrogen (secondary N) is 1. The first-order valence-electron chi connectivity index (χ1n) is 8.30. The van der Waals surface area contributed by atoms with Crippen molar-refractivity contribution in [3.63, 3.8) is 0 Å². The summed E-state index contributed by atoms with van der Waals surface area (Å²) in [6, 6.07) is 2.69. The molecule has 0 radical (unpaired) electrons. The molecule has 0 spiro atoms. The second-order valence-corrected chi connectivity index (χ2v) is 7.54. The van der Waals surface area contributed by atoms with Crippen molar-refractivity contribution in [2.45, 2.75) is 58.0 Å². The number of rotatable bonds is 3. The van der Waals surface area contributed by atoms with E-state index in [1.807, 2.05) is 16.2 Å². The molecule has 1 aromatic heterocycles. The number of fused-ring (bicyclic) bond motifs is 1. The number of nitrogens with zero attached hydrogens (tertiary/aromatic N) is 1. The molecule has 0 bridgehead atoms. The minimum Gasteiger partial charge on any atom is -0.337 e. The molecule has 21 heavy (non-hydrogen) atoms. The Morgan fingerprint density at radius 1 is 1.38 bits per heavy atom. The molecule has 2 heterocycles. The van der Waals surface area contributed by atoms with Gasteiger partial charge in [0.1, 0.15) is 0 Å². The van der Waals surface area contributed by atoms with E-state index >= 15 is 0 Å². The van der Waals surface area contributed by atoms with Crippen LogP contribution in [0.5, 0.6) is 0 Å². The Hall–Kier alpha value is -0.870. The quantitative estimate of drug-likeness (QED) is 0.870. The monoisotopic (exact) mass is 306 g/mol. The zero-order valence-electron chi connectivity index (χ0n) is 12.9. The third-order valence-electron chi connectivity index (χ3n) is 5.04. The van der Waals surface area contributed by atoms with Crippen molar-refractivity contribution in [2.75, 3.05) is 13.1 Å². The SMILES string of the molecule is CC1CCCCCC1NCC(=O)N1CCc2sccc2C1. The maximum absolute atomic E-state index is 12.4. The molecule has 2 atom stereocenters. The van der Waals surface area contributed by atoms with Crippen LogP contribution in [0.3, 0.4) is 0 Å². The predicted molar refractivity (Wildman–Crippen MR) is 87.5 cm³/mol. The molecule has 1 aliphatic carbocycles. The Balaban J connectivity index is 1.50. The summed E-state index contributed by atoms with van der Waals surface area (Å²) in [6.07, 6.45) is 7.55. The number of carbonyl (C=O) groups is 1. The lowest BCUT2D eigenvalue weighted by Gasteiger charge is -2.29. The summed E-state index contributed by atoms with van der Waals surface area (Å²) in [7, 11) is 0. The van der Waals surface area contributed by atoms with Crippen molar-refractivity contribution < 1.29 is 4.79 Å². The molecule has 2 unspecified atom stereocenters. The average molecular weight is 306 g/mol. The van der Waals surface area contributed by atoms with Crippen molar-refractivity contribution in [2.24, 2.45) is 5.92 Å². The predicted octanol–water partition coefficient (Wildman–Crippen LogP) is 3.19. The standard InChI is InChI=1S/C17H26N2OS/c1-13-5-3-2-4-6-15(13)18-11-17(20)19-9-7-16-14(12-19)8-10-21-16/h8,10,13,15,18H,2-7,9,11-12H2,1H3. The first-order chi connectivity index (χ1) is 10.2. The summed E-state index contributed by atoms with van der Waals surface area (Å²) in [6.45, 7) is 4.52. The van der Waals surface area contributed by atoms with Gasteiger partial charge in [0.05, 0.1) is 6.54 Å². The smallest absolute Gasteiger partial charge is 0.236 e. The maximum atomic E-state index is 12.4. The molecular formula is C17H26N2OS. The molecule has 116 valence electrons. The summed E-state index contributed by atoms with van der Waals surface area (Å²) in [5.41, 5.74) is 1.35. The van der Waals surface area contributed by atoms with Gasteiger partial charge in [-0.2, -0.15) is 0 Å². The highest BCUT2D eigenvalue weighted by Crippen LogP contribution is 2.25. The molecule has 0 aromatic carbocycles. The van der Waals surface area contributed by atoms with Gasteiger partial charge in [-0.3, -0.25) is 4.79 Å². The lowest BCUT2D eigenvalue weighted by atomic mass is 9.97. The fraction of sp³-hybridized carbons (Fsp3) is 0.706. The molecule has 4 heteroatoms. The first kappa shape index (κ1) is 15.0. The highest BCUT2D eigenvalue weighted by atomic mass is 32.1. The summed E-state index contributed by atoms with van der Waals surface area (Å²) < 4.78 is 0. The van der Waals surface area contributed by atoms with Gasteiger partial charge in [0.2, 0.25) is 5.91 Å². The van der Waals surface area contributed by atoms with Crippen LogP contribution < -0.4 is 5.32 Å². The Labute approximate surface area is 131 Å². The molecule has 3 rings (SSSR count). The van der Waals surface area contributed by atoms with Crippen molar-refractivity contribution in [1.82, 2.24) is 10.2 Å². The van der Waals surface area contributed by atoms with Gasteiger partial charge >= 0.3 is 0 Å². The molecule has 1 aliphatic heterocycles. The van der Waals surface area contributed by atoms with Crippen LogP contribution >= 0.6 is 11.3 Å². The van der Waals surface area contributed by atoms with Crippen LogP contribution in [0.4, 0.5) is 0 Å². The molecule has 1 saturated carbocycles. The summed E-state index contributed by atoms with van der Waals surface area (Å²) in [5, 5.41) is 5.68. The van der Waals surface area contributed by atoms with Gasteiger partial charge in [-0.05, 0) is 42.2 Å². The van der Waals surface area contributed by atoms with E-state index in [2.05, 4.69) is 23.7 Å². The fourth-order valence-electron chi connectivity index (χ4n) is 3.59. The highest BCUT2D eigenvalue weighted by molar-refractivity contribution is 7.10. The van der Waals surface area contributed by atoms with E-state index < -0.39 is 0 Å². The van der Waals surface area contributed by atoms with Gasteiger partial charge in [-0.25, -0.2) is 0 Å². The lowest BCUT2D eigenvalue weighted by molar-refractivity contribution is -0.131. The van der Waals surface area contributed by atoms with E-state index in [1.54, 1.807) is 0 Å². The Morgan fingerprint density at radius 3 is 3.14 bits per heavy atom. The van der Waals surface area contributed by atoms with Gasteiger partial charge in [-0.1, -0.05) is 26.2 Å². The first-order valence-corrected chi connectivity index (χ1v) is 9.18. The van der Waals surface area contributed by atoms with E-state index in [-0.39, 0.29) is 5.91 Å². The third kappa shape index (κ3) is 3.67.